The highest BCUT2D eigenvalue weighted by atomic mass is 16.5. The van der Waals surface area contributed by atoms with Crippen LogP contribution in [0.25, 0.3) is 0 Å². The smallest absolute Gasteiger partial charge is 0.100 e. The van der Waals surface area contributed by atoms with Crippen molar-refractivity contribution < 1.29 is 14.2 Å². The number of fused-ring (bicyclic) bond motifs is 1. The first-order valence-corrected chi connectivity index (χ1v) is 7.73. The fourth-order valence-electron chi connectivity index (χ4n) is 3.30. The minimum atomic E-state index is 0.153. The Labute approximate surface area is 126 Å². The van der Waals surface area contributed by atoms with Crippen molar-refractivity contribution in [3.8, 4) is 0 Å². The maximum atomic E-state index is 6.13. The van der Waals surface area contributed by atoms with E-state index in [2.05, 4.69) is 9.88 Å². The predicted molar refractivity (Wildman–Crippen MR) is 79.0 cm³/mol. The van der Waals surface area contributed by atoms with Gasteiger partial charge < -0.3 is 14.2 Å². The first kappa shape index (κ1) is 14.9. The molecule has 0 aliphatic carbocycles. The molecule has 2 aliphatic heterocycles. The summed E-state index contributed by atoms with van der Waals surface area (Å²) in [5.74, 6) is 0. The number of ether oxygens (including phenoxy) is 3. The van der Waals surface area contributed by atoms with Crippen molar-refractivity contribution >= 4 is 0 Å². The lowest BCUT2D eigenvalue weighted by atomic mass is 10.0. The molecule has 116 valence electrons. The van der Waals surface area contributed by atoms with Gasteiger partial charge in [0.25, 0.3) is 0 Å². The number of rotatable bonds is 6. The standard InChI is InChI=1S/C16H24N2O3/c1-19-10-8-18-11-15(16-14(18)3-2-9-20-16)21-12-13-4-6-17-7-5-13/h4-7,14-16H,2-3,8-12H2,1H3/t14-,15+,16+/m0/s1. The van der Waals surface area contributed by atoms with Crippen molar-refractivity contribution in [1.29, 1.82) is 0 Å². The SMILES string of the molecule is COCCN1C[C@@H](OCc2ccncc2)[C@@H]2OCCC[C@@H]21. The van der Waals surface area contributed by atoms with Crippen molar-refractivity contribution in [1.82, 2.24) is 9.88 Å². The number of nitrogens with zero attached hydrogens (tertiary/aromatic N) is 2. The minimum absolute atomic E-state index is 0.153. The average molecular weight is 292 g/mol. The van der Waals surface area contributed by atoms with Gasteiger partial charge in [-0.25, -0.2) is 0 Å². The van der Waals surface area contributed by atoms with E-state index in [1.165, 1.54) is 6.42 Å². The lowest BCUT2D eigenvalue weighted by Gasteiger charge is -2.32. The van der Waals surface area contributed by atoms with E-state index in [1.807, 2.05) is 12.1 Å². The van der Waals surface area contributed by atoms with Gasteiger partial charge in [0.05, 0.1) is 19.3 Å². The third-order valence-electron chi connectivity index (χ3n) is 4.38. The molecule has 3 rings (SSSR count). The van der Waals surface area contributed by atoms with Gasteiger partial charge >= 0.3 is 0 Å². The van der Waals surface area contributed by atoms with Crippen LogP contribution >= 0.6 is 0 Å². The van der Waals surface area contributed by atoms with Gasteiger partial charge in [-0.05, 0) is 30.5 Å². The number of pyridine rings is 1. The molecule has 5 heteroatoms. The fraction of sp³-hybridized carbons (Fsp3) is 0.688. The average Bonchev–Trinajstić information content (AvgIpc) is 2.90. The summed E-state index contributed by atoms with van der Waals surface area (Å²) in [6, 6.07) is 4.48. The van der Waals surface area contributed by atoms with Gasteiger partial charge in [-0.3, -0.25) is 9.88 Å². The molecule has 1 aromatic heterocycles. The molecule has 3 atom stereocenters. The third kappa shape index (κ3) is 3.61. The van der Waals surface area contributed by atoms with E-state index in [4.69, 9.17) is 14.2 Å². The lowest BCUT2D eigenvalue weighted by Crippen LogP contribution is -2.42. The summed E-state index contributed by atoms with van der Waals surface area (Å²) in [7, 11) is 1.75. The maximum absolute atomic E-state index is 6.13. The van der Waals surface area contributed by atoms with Crippen LogP contribution in [-0.2, 0) is 20.8 Å². The molecule has 2 aliphatic rings. The Morgan fingerprint density at radius 3 is 3.05 bits per heavy atom. The monoisotopic (exact) mass is 292 g/mol. The summed E-state index contributed by atoms with van der Waals surface area (Å²) in [5.41, 5.74) is 1.16. The zero-order valence-corrected chi connectivity index (χ0v) is 12.6. The molecule has 2 saturated heterocycles. The number of likely N-dealkylation sites (tertiary alicyclic amines) is 1. The van der Waals surface area contributed by atoms with Crippen LogP contribution in [0.1, 0.15) is 18.4 Å². The highest BCUT2D eigenvalue weighted by Gasteiger charge is 2.44. The quantitative estimate of drug-likeness (QED) is 0.794. The van der Waals surface area contributed by atoms with E-state index < -0.39 is 0 Å². The van der Waals surface area contributed by atoms with Crippen LogP contribution in [0.2, 0.25) is 0 Å². The molecule has 0 radical (unpaired) electrons. The summed E-state index contributed by atoms with van der Waals surface area (Å²) in [5, 5.41) is 0. The maximum Gasteiger partial charge on any atom is 0.100 e. The Bertz CT molecular complexity index is 429. The van der Waals surface area contributed by atoms with E-state index in [0.29, 0.717) is 12.6 Å². The third-order valence-corrected chi connectivity index (χ3v) is 4.38. The molecule has 2 fully saturated rings. The Morgan fingerprint density at radius 2 is 2.24 bits per heavy atom. The predicted octanol–water partition coefficient (Wildman–Crippen LogP) is 1.48. The van der Waals surface area contributed by atoms with Gasteiger partial charge in [0.2, 0.25) is 0 Å². The molecule has 5 nitrogen and oxygen atoms in total. The molecule has 0 spiro atoms. The molecule has 0 bridgehead atoms. The molecule has 0 unspecified atom stereocenters. The normalized spacial score (nSPS) is 29.5. The Kier molecular flexibility index (Phi) is 5.19. The summed E-state index contributed by atoms with van der Waals surface area (Å²) < 4.78 is 17.3. The van der Waals surface area contributed by atoms with Gasteiger partial charge in [0, 0.05) is 45.2 Å². The molecular weight excluding hydrogens is 268 g/mol. The Hall–Kier alpha value is -1.01. The van der Waals surface area contributed by atoms with E-state index in [-0.39, 0.29) is 12.2 Å². The molecule has 1 aromatic rings. The van der Waals surface area contributed by atoms with Crippen LogP contribution in [0, 0.1) is 0 Å². The van der Waals surface area contributed by atoms with Crippen molar-refractivity contribution in [3.05, 3.63) is 30.1 Å². The van der Waals surface area contributed by atoms with E-state index in [9.17, 15) is 0 Å². The second-order valence-corrected chi connectivity index (χ2v) is 5.74. The number of aromatic nitrogens is 1. The molecule has 0 saturated carbocycles. The second kappa shape index (κ2) is 7.31. The summed E-state index contributed by atoms with van der Waals surface area (Å²) in [6.07, 6.45) is 6.30. The Morgan fingerprint density at radius 1 is 1.38 bits per heavy atom. The largest absolute Gasteiger partial charge is 0.383 e. The van der Waals surface area contributed by atoms with Crippen LogP contribution in [0.3, 0.4) is 0 Å². The molecule has 21 heavy (non-hydrogen) atoms. The first-order valence-electron chi connectivity index (χ1n) is 7.73. The minimum Gasteiger partial charge on any atom is -0.383 e. The van der Waals surface area contributed by atoms with Crippen LogP contribution in [-0.4, -0.2) is 61.5 Å². The molecule has 3 heterocycles. The second-order valence-electron chi connectivity index (χ2n) is 5.74. The van der Waals surface area contributed by atoms with E-state index in [1.54, 1.807) is 19.5 Å². The highest BCUT2D eigenvalue weighted by molar-refractivity contribution is 5.08. The number of hydrogen-bond acceptors (Lipinski definition) is 5. The number of hydrogen-bond donors (Lipinski definition) is 0. The topological polar surface area (TPSA) is 43.8 Å². The van der Waals surface area contributed by atoms with Gasteiger partial charge in [-0.2, -0.15) is 0 Å². The zero-order valence-electron chi connectivity index (χ0n) is 12.6. The van der Waals surface area contributed by atoms with Gasteiger partial charge in [-0.1, -0.05) is 0 Å². The lowest BCUT2D eigenvalue weighted by molar-refractivity contribution is -0.0819. The molecule has 0 aromatic carbocycles. The summed E-state index contributed by atoms with van der Waals surface area (Å²) >= 11 is 0. The summed E-state index contributed by atoms with van der Waals surface area (Å²) in [4.78, 5) is 6.50. The Balaban J connectivity index is 1.59. The van der Waals surface area contributed by atoms with Crippen LogP contribution in [0.15, 0.2) is 24.5 Å². The summed E-state index contributed by atoms with van der Waals surface area (Å²) in [6.45, 7) is 4.13. The highest BCUT2D eigenvalue weighted by Crippen LogP contribution is 2.30. The van der Waals surface area contributed by atoms with Crippen molar-refractivity contribution in [3.63, 3.8) is 0 Å². The van der Waals surface area contributed by atoms with Crippen LogP contribution < -0.4 is 0 Å². The van der Waals surface area contributed by atoms with Crippen molar-refractivity contribution in [2.45, 2.75) is 37.7 Å². The fourth-order valence-corrected chi connectivity index (χ4v) is 3.30. The number of methoxy groups -OCH3 is 1. The van der Waals surface area contributed by atoms with Crippen LogP contribution in [0.5, 0.6) is 0 Å². The molecule has 0 amide bonds. The molecule has 0 N–H and O–H groups in total. The van der Waals surface area contributed by atoms with E-state index in [0.717, 1.165) is 38.3 Å². The van der Waals surface area contributed by atoms with Crippen LogP contribution in [0.4, 0.5) is 0 Å². The van der Waals surface area contributed by atoms with Crippen molar-refractivity contribution in [2.75, 3.05) is 33.4 Å². The zero-order chi connectivity index (χ0) is 14.5. The molecular formula is C16H24N2O3. The van der Waals surface area contributed by atoms with E-state index >= 15 is 0 Å². The van der Waals surface area contributed by atoms with Gasteiger partial charge in [0.15, 0.2) is 0 Å². The van der Waals surface area contributed by atoms with Gasteiger partial charge in [-0.15, -0.1) is 0 Å². The first-order chi connectivity index (χ1) is 10.4. The van der Waals surface area contributed by atoms with Gasteiger partial charge in [0.1, 0.15) is 6.10 Å². The van der Waals surface area contributed by atoms with Crippen molar-refractivity contribution in [2.24, 2.45) is 0 Å².